The van der Waals surface area contributed by atoms with E-state index in [9.17, 15) is 14.3 Å². The van der Waals surface area contributed by atoms with Crippen LogP contribution in [0.3, 0.4) is 0 Å². The van der Waals surface area contributed by atoms with Crippen molar-refractivity contribution in [3.05, 3.63) is 29.6 Å². The van der Waals surface area contributed by atoms with Crippen molar-refractivity contribution in [3.63, 3.8) is 0 Å². The molecule has 0 amide bonds. The second kappa shape index (κ2) is 4.15. The van der Waals surface area contributed by atoms with Crippen LogP contribution in [0.4, 0.5) is 4.39 Å². The van der Waals surface area contributed by atoms with Gasteiger partial charge in [0.15, 0.2) is 11.4 Å². The third kappa shape index (κ3) is 2.12. The number of carbonyl (C=O) groups is 1. The first-order valence-corrected chi connectivity index (χ1v) is 5.13. The average Bonchev–Trinajstić information content (AvgIpc) is 2.34. The number of benzene rings is 1. The maximum atomic E-state index is 13.2. The lowest BCUT2D eigenvalue weighted by Crippen LogP contribution is -2.52. The van der Waals surface area contributed by atoms with Gasteiger partial charge in [-0.25, -0.2) is 4.39 Å². The van der Waals surface area contributed by atoms with Crippen molar-refractivity contribution >= 4 is 5.78 Å². The summed E-state index contributed by atoms with van der Waals surface area (Å²) in [5.41, 5.74) is -1.50. The largest absolute Gasteiger partial charge is 0.490 e. The molecule has 1 saturated carbocycles. The highest BCUT2D eigenvalue weighted by molar-refractivity contribution is 5.93. The number of carbonyl (C=O) groups excluding carboxylic acids is 1. The van der Waals surface area contributed by atoms with Crippen LogP contribution in [-0.2, 0) is 4.79 Å². The number of nitriles is 1. The Labute approximate surface area is 97.2 Å². The van der Waals surface area contributed by atoms with E-state index in [1.54, 1.807) is 6.07 Å². The lowest BCUT2D eigenvalue weighted by atomic mass is 9.79. The molecule has 0 aliphatic heterocycles. The van der Waals surface area contributed by atoms with E-state index in [0.29, 0.717) is 12.8 Å². The van der Waals surface area contributed by atoms with Crippen LogP contribution >= 0.6 is 0 Å². The fourth-order valence-electron chi connectivity index (χ4n) is 1.55. The van der Waals surface area contributed by atoms with Crippen LogP contribution in [0.15, 0.2) is 18.2 Å². The van der Waals surface area contributed by atoms with Gasteiger partial charge in [-0.3, -0.25) is 4.79 Å². The zero-order chi connectivity index (χ0) is 12.5. The molecule has 88 valence electrons. The maximum absolute atomic E-state index is 13.2. The van der Waals surface area contributed by atoms with Crippen molar-refractivity contribution in [2.45, 2.75) is 18.4 Å². The molecule has 0 saturated heterocycles. The number of hydrogen-bond donors (Lipinski definition) is 1. The van der Waals surface area contributed by atoms with Crippen molar-refractivity contribution in [1.82, 2.24) is 0 Å². The van der Waals surface area contributed by atoms with Gasteiger partial charge in [0.05, 0.1) is 5.56 Å². The predicted octanol–water partition coefficient (Wildman–Crippen LogP) is 1.17. The normalized spacial score (nSPS) is 22.8. The molecule has 5 heteroatoms. The van der Waals surface area contributed by atoms with Crippen LogP contribution in [0.5, 0.6) is 5.75 Å². The molecule has 2 rings (SSSR count). The van der Waals surface area contributed by atoms with E-state index in [0.717, 1.165) is 6.07 Å². The van der Waals surface area contributed by atoms with Crippen molar-refractivity contribution in [3.8, 4) is 11.8 Å². The molecule has 0 bridgehead atoms. The fraction of sp³-hybridized carbons (Fsp3) is 0.333. The molecule has 1 fully saturated rings. The Kier molecular flexibility index (Phi) is 2.82. The van der Waals surface area contributed by atoms with Crippen LogP contribution in [0.1, 0.15) is 18.4 Å². The molecule has 1 atom stereocenters. The number of Topliss-reactive ketones (excluding diaryl/α,β-unsaturated/α-hetero) is 1. The molecule has 0 aromatic heterocycles. The Balaban J connectivity index is 2.03. The number of aliphatic hydroxyl groups is 1. The quantitative estimate of drug-likeness (QED) is 0.853. The average molecular weight is 235 g/mol. The Morgan fingerprint density at radius 1 is 1.59 bits per heavy atom. The van der Waals surface area contributed by atoms with Gasteiger partial charge < -0.3 is 9.84 Å². The van der Waals surface area contributed by atoms with E-state index < -0.39 is 11.4 Å². The third-order valence-corrected chi connectivity index (χ3v) is 2.82. The Morgan fingerprint density at radius 3 is 2.82 bits per heavy atom. The van der Waals surface area contributed by atoms with E-state index in [-0.39, 0.29) is 23.7 Å². The van der Waals surface area contributed by atoms with Gasteiger partial charge >= 0.3 is 0 Å². The molecule has 1 unspecified atom stereocenters. The predicted molar refractivity (Wildman–Crippen MR) is 55.8 cm³/mol. The number of rotatable bonds is 3. The second-order valence-corrected chi connectivity index (χ2v) is 4.00. The SMILES string of the molecule is N#Cc1ccc(OCC2(O)CCC2=O)cc1F. The van der Waals surface area contributed by atoms with Gasteiger partial charge in [-0.1, -0.05) is 0 Å². The van der Waals surface area contributed by atoms with E-state index in [2.05, 4.69) is 0 Å². The van der Waals surface area contributed by atoms with Gasteiger partial charge in [0.25, 0.3) is 0 Å². The Bertz CT molecular complexity index is 509. The highest BCUT2D eigenvalue weighted by atomic mass is 19.1. The van der Waals surface area contributed by atoms with Gasteiger partial charge in [-0.15, -0.1) is 0 Å². The van der Waals surface area contributed by atoms with Crippen LogP contribution in [0.2, 0.25) is 0 Å². The van der Waals surface area contributed by atoms with Gasteiger partial charge in [-0.05, 0) is 18.6 Å². The number of halogens is 1. The molecule has 1 aromatic rings. The molecule has 17 heavy (non-hydrogen) atoms. The first-order valence-electron chi connectivity index (χ1n) is 5.13. The number of nitrogens with zero attached hydrogens (tertiary/aromatic N) is 1. The monoisotopic (exact) mass is 235 g/mol. The smallest absolute Gasteiger partial charge is 0.168 e. The molecule has 1 aromatic carbocycles. The zero-order valence-corrected chi connectivity index (χ0v) is 8.94. The summed E-state index contributed by atoms with van der Waals surface area (Å²) in [6.07, 6.45) is 0.714. The summed E-state index contributed by atoms with van der Waals surface area (Å²) in [7, 11) is 0. The number of hydrogen-bond acceptors (Lipinski definition) is 4. The third-order valence-electron chi connectivity index (χ3n) is 2.82. The van der Waals surface area contributed by atoms with Crippen molar-refractivity contribution < 1.29 is 19.0 Å². The molecule has 1 aliphatic rings. The lowest BCUT2D eigenvalue weighted by molar-refractivity contribution is -0.154. The van der Waals surface area contributed by atoms with Crippen molar-refractivity contribution in [2.75, 3.05) is 6.61 Å². The summed E-state index contributed by atoms with van der Waals surface area (Å²) in [5.74, 6) is -0.752. The Hall–Kier alpha value is -1.93. The van der Waals surface area contributed by atoms with Crippen LogP contribution in [0, 0.1) is 17.1 Å². The molecule has 1 aliphatic carbocycles. The topological polar surface area (TPSA) is 70.3 Å². The summed E-state index contributed by atoms with van der Waals surface area (Å²) >= 11 is 0. The highest BCUT2D eigenvalue weighted by Crippen LogP contribution is 2.28. The number of ether oxygens (including phenoxy) is 1. The highest BCUT2D eigenvalue weighted by Gasteiger charge is 2.44. The first kappa shape index (κ1) is 11.6. The van der Waals surface area contributed by atoms with Crippen LogP contribution < -0.4 is 4.74 Å². The van der Waals surface area contributed by atoms with E-state index in [1.807, 2.05) is 0 Å². The van der Waals surface area contributed by atoms with E-state index >= 15 is 0 Å². The lowest BCUT2D eigenvalue weighted by Gasteiger charge is -2.34. The van der Waals surface area contributed by atoms with E-state index in [4.69, 9.17) is 10.00 Å². The molecular formula is C12H10FNO3. The minimum Gasteiger partial charge on any atom is -0.490 e. The summed E-state index contributed by atoms with van der Waals surface area (Å²) in [6.45, 7) is -0.183. The summed E-state index contributed by atoms with van der Waals surface area (Å²) < 4.78 is 18.4. The second-order valence-electron chi connectivity index (χ2n) is 4.00. The van der Waals surface area contributed by atoms with Crippen molar-refractivity contribution in [1.29, 1.82) is 5.26 Å². The minimum atomic E-state index is -1.43. The summed E-state index contributed by atoms with van der Waals surface area (Å²) in [4.78, 5) is 11.1. The molecule has 4 nitrogen and oxygen atoms in total. The molecule has 0 radical (unpaired) electrons. The maximum Gasteiger partial charge on any atom is 0.168 e. The van der Waals surface area contributed by atoms with Gasteiger partial charge in [0.1, 0.15) is 24.2 Å². The van der Waals surface area contributed by atoms with E-state index in [1.165, 1.54) is 12.1 Å². The summed E-state index contributed by atoms with van der Waals surface area (Å²) in [5, 5.41) is 18.2. The van der Waals surface area contributed by atoms with Gasteiger partial charge in [0.2, 0.25) is 0 Å². The molecule has 1 N–H and O–H groups in total. The first-order chi connectivity index (χ1) is 8.05. The minimum absolute atomic E-state index is 0.0733. The van der Waals surface area contributed by atoms with Crippen LogP contribution in [-0.4, -0.2) is 23.1 Å². The fourth-order valence-corrected chi connectivity index (χ4v) is 1.55. The zero-order valence-electron chi connectivity index (χ0n) is 8.94. The van der Waals surface area contributed by atoms with Crippen LogP contribution in [0.25, 0.3) is 0 Å². The van der Waals surface area contributed by atoms with Gasteiger partial charge in [0, 0.05) is 12.5 Å². The molecule has 0 spiro atoms. The number of ketones is 1. The molecular weight excluding hydrogens is 225 g/mol. The summed E-state index contributed by atoms with van der Waals surface area (Å²) in [6, 6.07) is 5.46. The Morgan fingerprint density at radius 2 is 2.35 bits per heavy atom. The standard InChI is InChI=1S/C12H10FNO3/c13-10-5-9(2-1-8(10)6-14)17-7-12(16)4-3-11(12)15/h1-2,5,16H,3-4,7H2. The molecule has 0 heterocycles. The van der Waals surface area contributed by atoms with Crippen molar-refractivity contribution in [2.24, 2.45) is 0 Å². The van der Waals surface area contributed by atoms with Gasteiger partial charge in [-0.2, -0.15) is 5.26 Å².